The first kappa shape index (κ1) is 15.1. The van der Waals surface area contributed by atoms with Gasteiger partial charge in [0.15, 0.2) is 9.84 Å². The topological polar surface area (TPSA) is 110 Å². The van der Waals surface area contributed by atoms with Crippen molar-refractivity contribution in [2.75, 3.05) is 6.26 Å². The number of nitro groups is 1. The van der Waals surface area contributed by atoms with Gasteiger partial charge in [0.25, 0.3) is 5.69 Å². The van der Waals surface area contributed by atoms with Gasteiger partial charge in [-0.15, -0.1) is 0 Å². The van der Waals surface area contributed by atoms with Crippen molar-refractivity contribution in [1.29, 1.82) is 0 Å². The van der Waals surface area contributed by atoms with E-state index in [4.69, 9.17) is 5.21 Å². The summed E-state index contributed by atoms with van der Waals surface area (Å²) in [5.74, 6) is 0. The summed E-state index contributed by atoms with van der Waals surface area (Å²) in [6, 6.07) is 5.34. The summed E-state index contributed by atoms with van der Waals surface area (Å²) in [4.78, 5) is 10.1. The number of hydrogen-bond donors (Lipinski definition) is 1. The highest BCUT2D eigenvalue weighted by Gasteiger charge is 2.27. The van der Waals surface area contributed by atoms with Crippen molar-refractivity contribution in [2.24, 2.45) is 5.16 Å². The molecule has 0 amide bonds. The van der Waals surface area contributed by atoms with Crippen LogP contribution in [0.5, 0.6) is 0 Å². The van der Waals surface area contributed by atoms with Gasteiger partial charge in [0.1, 0.15) is 11.0 Å². The van der Waals surface area contributed by atoms with Crippen molar-refractivity contribution in [3.05, 3.63) is 39.9 Å². The summed E-state index contributed by atoms with van der Waals surface area (Å²) >= 11 is 0. The smallest absolute Gasteiger partial charge is 0.270 e. The highest BCUT2D eigenvalue weighted by atomic mass is 32.2. The minimum Gasteiger partial charge on any atom is -0.411 e. The van der Waals surface area contributed by atoms with Crippen molar-refractivity contribution >= 4 is 21.2 Å². The van der Waals surface area contributed by atoms with Crippen LogP contribution in [0.2, 0.25) is 0 Å². The average molecular weight is 286 g/mol. The van der Waals surface area contributed by atoms with Crippen molar-refractivity contribution in [3.8, 4) is 0 Å². The van der Waals surface area contributed by atoms with Crippen molar-refractivity contribution in [3.63, 3.8) is 0 Å². The quantitative estimate of drug-likeness (QED) is 0.382. The fraction of sp³-hybridized carbons (Fsp3) is 0.364. The lowest BCUT2D eigenvalue weighted by Crippen LogP contribution is -2.29. The Balaban J connectivity index is 3.32. The number of nitro benzene ring substituents is 1. The zero-order chi connectivity index (χ0) is 14.6. The van der Waals surface area contributed by atoms with E-state index >= 15 is 0 Å². The number of oxime groups is 1. The Labute approximate surface area is 110 Å². The number of rotatable bonds is 5. The number of hydrogen-bond acceptors (Lipinski definition) is 6. The molecule has 0 aliphatic rings. The van der Waals surface area contributed by atoms with Gasteiger partial charge in [-0.2, -0.15) is 0 Å². The van der Waals surface area contributed by atoms with E-state index in [2.05, 4.69) is 5.16 Å². The lowest BCUT2D eigenvalue weighted by molar-refractivity contribution is -0.384. The van der Waals surface area contributed by atoms with E-state index in [1.165, 1.54) is 24.3 Å². The Hall–Kier alpha value is -1.96. The van der Waals surface area contributed by atoms with Crippen LogP contribution in [0.15, 0.2) is 29.4 Å². The second-order valence-corrected chi connectivity index (χ2v) is 6.25. The Morgan fingerprint density at radius 2 is 2.16 bits per heavy atom. The predicted octanol–water partition coefficient (Wildman–Crippen LogP) is 1.60. The standard InChI is InChI=1S/C11H14N2O5S/c1-3-10(19(2,17)18)11(12-14)8-5-4-6-9(7-8)13(15)16/h4-7,10,14H,3H2,1-2H3/b12-11+. The molecule has 1 aromatic carbocycles. The molecule has 0 aliphatic heterocycles. The highest BCUT2D eigenvalue weighted by molar-refractivity contribution is 7.92. The third kappa shape index (κ3) is 3.50. The molecule has 8 heteroatoms. The first-order valence-corrected chi connectivity index (χ1v) is 7.42. The van der Waals surface area contributed by atoms with Gasteiger partial charge < -0.3 is 5.21 Å². The molecule has 0 radical (unpaired) electrons. The molecule has 19 heavy (non-hydrogen) atoms. The van der Waals surface area contributed by atoms with Crippen LogP contribution in [0, 0.1) is 10.1 Å². The maximum Gasteiger partial charge on any atom is 0.270 e. The Bertz CT molecular complexity index is 609. The van der Waals surface area contributed by atoms with Gasteiger partial charge in [0, 0.05) is 24.0 Å². The fourth-order valence-electron chi connectivity index (χ4n) is 1.79. The zero-order valence-corrected chi connectivity index (χ0v) is 11.3. The van der Waals surface area contributed by atoms with Gasteiger partial charge in [-0.1, -0.05) is 24.2 Å². The average Bonchev–Trinajstić information content (AvgIpc) is 2.34. The molecule has 7 nitrogen and oxygen atoms in total. The van der Waals surface area contributed by atoms with Crippen molar-refractivity contribution in [2.45, 2.75) is 18.6 Å². The van der Waals surface area contributed by atoms with Gasteiger partial charge in [0.2, 0.25) is 0 Å². The Morgan fingerprint density at radius 3 is 2.58 bits per heavy atom. The molecule has 0 heterocycles. The van der Waals surface area contributed by atoms with Crippen LogP contribution in [0.3, 0.4) is 0 Å². The Morgan fingerprint density at radius 1 is 1.53 bits per heavy atom. The monoisotopic (exact) mass is 286 g/mol. The molecular weight excluding hydrogens is 272 g/mol. The molecule has 0 aromatic heterocycles. The van der Waals surface area contributed by atoms with Crippen LogP contribution in [0.1, 0.15) is 18.9 Å². The fourth-order valence-corrected chi connectivity index (χ4v) is 2.98. The Kier molecular flexibility index (Phi) is 4.60. The minimum absolute atomic E-state index is 0.0892. The van der Waals surface area contributed by atoms with E-state index < -0.39 is 20.0 Å². The molecule has 1 rings (SSSR count). The van der Waals surface area contributed by atoms with E-state index in [1.54, 1.807) is 6.92 Å². The van der Waals surface area contributed by atoms with Gasteiger partial charge in [-0.3, -0.25) is 10.1 Å². The molecule has 1 N–H and O–H groups in total. The molecule has 0 spiro atoms. The largest absolute Gasteiger partial charge is 0.411 e. The second-order valence-electron chi connectivity index (χ2n) is 4.02. The maximum atomic E-state index is 11.6. The summed E-state index contributed by atoms with van der Waals surface area (Å²) in [5, 5.41) is 21.7. The maximum absolute atomic E-state index is 11.6. The molecule has 0 aliphatic carbocycles. The molecule has 0 fully saturated rings. The predicted molar refractivity (Wildman–Crippen MR) is 70.3 cm³/mol. The summed E-state index contributed by atoms with van der Waals surface area (Å²) in [7, 11) is -3.47. The minimum atomic E-state index is -3.47. The van der Waals surface area contributed by atoms with Crippen LogP contribution < -0.4 is 0 Å². The van der Waals surface area contributed by atoms with Crippen LogP contribution in [0.25, 0.3) is 0 Å². The van der Waals surface area contributed by atoms with Crippen LogP contribution in [-0.4, -0.2) is 35.8 Å². The van der Waals surface area contributed by atoms with E-state index in [1.807, 2.05) is 0 Å². The number of non-ortho nitro benzene ring substituents is 1. The van der Waals surface area contributed by atoms with Crippen molar-refractivity contribution < 1.29 is 18.5 Å². The first-order valence-electron chi connectivity index (χ1n) is 5.47. The molecule has 0 saturated heterocycles. The zero-order valence-electron chi connectivity index (χ0n) is 10.5. The van der Waals surface area contributed by atoms with Crippen LogP contribution in [-0.2, 0) is 9.84 Å². The molecule has 1 unspecified atom stereocenters. The van der Waals surface area contributed by atoms with Gasteiger partial charge in [-0.25, -0.2) is 8.42 Å². The first-order chi connectivity index (χ1) is 8.81. The summed E-state index contributed by atoms with van der Waals surface area (Å²) < 4.78 is 23.3. The highest BCUT2D eigenvalue weighted by Crippen LogP contribution is 2.18. The number of sulfone groups is 1. The second kappa shape index (κ2) is 5.79. The molecular formula is C11H14N2O5S. The van der Waals surface area contributed by atoms with Crippen LogP contribution >= 0.6 is 0 Å². The molecule has 0 saturated carbocycles. The van der Waals surface area contributed by atoms with E-state index in [9.17, 15) is 18.5 Å². The molecule has 1 atom stereocenters. The SMILES string of the molecule is CCC(/C(=N/O)c1cccc([N+](=O)[O-])c1)S(C)(=O)=O. The lowest BCUT2D eigenvalue weighted by Gasteiger charge is -2.14. The van der Waals surface area contributed by atoms with Gasteiger partial charge >= 0.3 is 0 Å². The van der Waals surface area contributed by atoms with Gasteiger partial charge in [0.05, 0.1) is 4.92 Å². The van der Waals surface area contributed by atoms with E-state index in [0.717, 1.165) is 6.26 Å². The molecule has 0 bridgehead atoms. The third-order valence-corrected chi connectivity index (χ3v) is 4.24. The summed E-state index contributed by atoms with van der Waals surface area (Å²) in [5.41, 5.74) is -0.0651. The lowest BCUT2D eigenvalue weighted by atomic mass is 10.1. The normalized spacial score (nSPS) is 14.1. The van der Waals surface area contributed by atoms with E-state index in [0.29, 0.717) is 0 Å². The summed E-state index contributed by atoms with van der Waals surface area (Å²) in [6.07, 6.45) is 1.24. The van der Waals surface area contributed by atoms with Gasteiger partial charge in [-0.05, 0) is 6.42 Å². The van der Waals surface area contributed by atoms with Crippen molar-refractivity contribution in [1.82, 2.24) is 0 Å². The van der Waals surface area contributed by atoms with E-state index in [-0.39, 0.29) is 23.4 Å². The number of benzene rings is 1. The summed E-state index contributed by atoms with van der Waals surface area (Å²) in [6.45, 7) is 1.63. The molecule has 1 aromatic rings. The third-order valence-electron chi connectivity index (χ3n) is 2.65. The molecule has 104 valence electrons. The van der Waals surface area contributed by atoms with Crippen LogP contribution in [0.4, 0.5) is 5.69 Å². The number of nitrogens with zero attached hydrogens (tertiary/aromatic N) is 2.